The summed E-state index contributed by atoms with van der Waals surface area (Å²) in [6.45, 7) is 5.83. The molecule has 0 fully saturated rings. The molecule has 0 saturated heterocycles. The molecule has 0 aliphatic heterocycles. The largest absolute Gasteiger partial charge is 1.00 e. The minimum Gasteiger partial charge on any atom is -0.550 e. The Morgan fingerprint density at radius 3 is 1.75 bits per heavy atom. The summed E-state index contributed by atoms with van der Waals surface area (Å²) in [5.74, 6) is -0.885. The minimum atomic E-state index is -0.885. The van der Waals surface area contributed by atoms with Crippen molar-refractivity contribution < 1.29 is 39.5 Å². The van der Waals surface area contributed by atoms with E-state index in [0.29, 0.717) is 12.8 Å². The Labute approximate surface area is 97.0 Å². The van der Waals surface area contributed by atoms with Crippen LogP contribution < -0.4 is 34.7 Å². The second kappa shape index (κ2) is 6.93. The number of carbonyl (C=O) groups is 1. The summed E-state index contributed by atoms with van der Waals surface area (Å²) in [4.78, 5) is 10.8. The van der Waals surface area contributed by atoms with Crippen LogP contribution >= 0.6 is 0 Å². The molecule has 0 aromatic heterocycles. The van der Waals surface area contributed by atoms with Gasteiger partial charge in [0, 0.05) is 11.4 Å². The van der Waals surface area contributed by atoms with Crippen LogP contribution in [0.1, 0.15) is 46.5 Å². The molecule has 0 aromatic rings. The summed E-state index contributed by atoms with van der Waals surface area (Å²) < 4.78 is 0. The second-order valence-electron chi connectivity index (χ2n) is 3.02. The van der Waals surface area contributed by atoms with Gasteiger partial charge in [0.2, 0.25) is 0 Å². The average molecular weight is 180 g/mol. The zero-order chi connectivity index (χ0) is 8.91. The molecule has 0 atom stereocenters. The molecule has 0 amide bonds. The second-order valence-corrected chi connectivity index (χ2v) is 3.02. The molecule has 2 nitrogen and oxygen atoms in total. The van der Waals surface area contributed by atoms with Gasteiger partial charge in [-0.1, -0.05) is 27.2 Å². The van der Waals surface area contributed by atoms with E-state index in [1.165, 1.54) is 0 Å². The van der Waals surface area contributed by atoms with Crippen LogP contribution in [0.3, 0.4) is 0 Å². The third-order valence-corrected chi connectivity index (χ3v) is 2.52. The van der Waals surface area contributed by atoms with Gasteiger partial charge in [-0.15, -0.1) is 0 Å². The zero-order valence-electron chi connectivity index (χ0n) is 8.64. The molecule has 0 bridgehead atoms. The van der Waals surface area contributed by atoms with Gasteiger partial charge in [0.15, 0.2) is 0 Å². The van der Waals surface area contributed by atoms with E-state index < -0.39 is 11.4 Å². The Kier molecular flexibility index (Phi) is 8.64. The quantitative estimate of drug-likeness (QED) is 0.475. The molecule has 3 heteroatoms. The van der Waals surface area contributed by atoms with Crippen molar-refractivity contribution in [2.45, 2.75) is 46.5 Å². The third-order valence-electron chi connectivity index (χ3n) is 2.52. The summed E-state index contributed by atoms with van der Waals surface area (Å²) in [5, 5.41) is 10.8. The van der Waals surface area contributed by atoms with Gasteiger partial charge in [-0.05, 0) is 19.3 Å². The zero-order valence-corrected chi connectivity index (χ0v) is 10.6. The van der Waals surface area contributed by atoms with Gasteiger partial charge in [0.05, 0.1) is 0 Å². The van der Waals surface area contributed by atoms with Crippen molar-refractivity contribution in [2.24, 2.45) is 5.41 Å². The van der Waals surface area contributed by atoms with E-state index >= 15 is 0 Å². The average Bonchev–Trinajstić information content (AvgIpc) is 2.00. The van der Waals surface area contributed by atoms with Gasteiger partial charge in [-0.25, -0.2) is 0 Å². The van der Waals surface area contributed by atoms with Crippen LogP contribution in [0.2, 0.25) is 0 Å². The number of carboxylic acids is 1. The standard InChI is InChI=1S/C9H18O2.Na/c1-4-7-9(5-2,6-3)8(10)11;/h4-7H2,1-3H3,(H,10,11);/q;+1/p-1. The van der Waals surface area contributed by atoms with Gasteiger partial charge in [-0.3, -0.25) is 0 Å². The first-order valence-corrected chi connectivity index (χ1v) is 4.34. The van der Waals surface area contributed by atoms with Crippen molar-refractivity contribution >= 4 is 5.97 Å². The van der Waals surface area contributed by atoms with Gasteiger partial charge in [0.1, 0.15) is 0 Å². The summed E-state index contributed by atoms with van der Waals surface area (Å²) in [6.07, 6.45) is 3.01. The van der Waals surface area contributed by atoms with E-state index in [2.05, 4.69) is 0 Å². The molecule has 0 saturated carbocycles. The fraction of sp³-hybridized carbons (Fsp3) is 0.889. The number of carboxylic acid groups (broad SMARTS) is 1. The topological polar surface area (TPSA) is 40.1 Å². The van der Waals surface area contributed by atoms with Crippen molar-refractivity contribution in [3.05, 3.63) is 0 Å². The van der Waals surface area contributed by atoms with Gasteiger partial charge in [0.25, 0.3) is 0 Å². The SMILES string of the molecule is CCCC(CC)(CC)C(=O)[O-].[Na+]. The Balaban J connectivity index is 0. The van der Waals surface area contributed by atoms with Crippen molar-refractivity contribution in [3.8, 4) is 0 Å². The van der Waals surface area contributed by atoms with E-state index in [1.807, 2.05) is 20.8 Å². The monoisotopic (exact) mass is 180 g/mol. The van der Waals surface area contributed by atoms with Crippen molar-refractivity contribution in [1.82, 2.24) is 0 Å². The smallest absolute Gasteiger partial charge is 0.550 e. The predicted molar refractivity (Wildman–Crippen MR) is 42.9 cm³/mol. The Morgan fingerprint density at radius 2 is 1.67 bits per heavy atom. The molecule has 0 aromatic carbocycles. The molecular formula is C9H17NaO2. The maximum absolute atomic E-state index is 10.8. The first-order valence-electron chi connectivity index (χ1n) is 4.34. The van der Waals surface area contributed by atoms with E-state index in [1.54, 1.807) is 0 Å². The maximum Gasteiger partial charge on any atom is 1.00 e. The molecule has 0 heterocycles. The molecule has 0 aliphatic rings. The number of aliphatic carboxylic acids is 1. The number of hydrogen-bond donors (Lipinski definition) is 0. The fourth-order valence-electron chi connectivity index (χ4n) is 1.47. The molecule has 0 N–H and O–H groups in total. The number of carbonyl (C=O) groups excluding carboxylic acids is 1. The van der Waals surface area contributed by atoms with Crippen LogP contribution in [0.15, 0.2) is 0 Å². The van der Waals surface area contributed by atoms with Crippen LogP contribution in [0, 0.1) is 5.41 Å². The number of rotatable bonds is 5. The minimum absolute atomic E-state index is 0. The molecule has 0 aliphatic carbocycles. The third kappa shape index (κ3) is 3.46. The molecular weight excluding hydrogens is 163 g/mol. The van der Waals surface area contributed by atoms with E-state index in [0.717, 1.165) is 12.8 Å². The maximum atomic E-state index is 10.8. The molecule has 0 spiro atoms. The normalized spacial score (nSPS) is 10.6. The first kappa shape index (κ1) is 15.0. The molecule has 0 rings (SSSR count). The van der Waals surface area contributed by atoms with Crippen LogP contribution in [-0.4, -0.2) is 5.97 Å². The van der Waals surface area contributed by atoms with Crippen LogP contribution in [0.4, 0.5) is 0 Å². The Bertz CT molecular complexity index is 130. The summed E-state index contributed by atoms with van der Waals surface area (Å²) in [5.41, 5.74) is -0.561. The summed E-state index contributed by atoms with van der Waals surface area (Å²) in [6, 6.07) is 0. The van der Waals surface area contributed by atoms with Crippen LogP contribution in [0.5, 0.6) is 0 Å². The van der Waals surface area contributed by atoms with E-state index in [9.17, 15) is 9.90 Å². The number of hydrogen-bond acceptors (Lipinski definition) is 2. The Morgan fingerprint density at radius 1 is 1.25 bits per heavy atom. The van der Waals surface area contributed by atoms with E-state index in [-0.39, 0.29) is 29.6 Å². The fourth-order valence-corrected chi connectivity index (χ4v) is 1.47. The van der Waals surface area contributed by atoms with Gasteiger partial charge < -0.3 is 9.90 Å². The van der Waals surface area contributed by atoms with Crippen molar-refractivity contribution in [3.63, 3.8) is 0 Å². The van der Waals surface area contributed by atoms with E-state index in [4.69, 9.17) is 0 Å². The van der Waals surface area contributed by atoms with Gasteiger partial charge in [-0.2, -0.15) is 0 Å². The molecule has 0 radical (unpaired) electrons. The molecule has 12 heavy (non-hydrogen) atoms. The summed E-state index contributed by atoms with van der Waals surface area (Å²) >= 11 is 0. The van der Waals surface area contributed by atoms with Crippen molar-refractivity contribution in [2.75, 3.05) is 0 Å². The molecule has 0 unspecified atom stereocenters. The van der Waals surface area contributed by atoms with Gasteiger partial charge >= 0.3 is 29.6 Å². The van der Waals surface area contributed by atoms with Crippen molar-refractivity contribution in [1.29, 1.82) is 0 Å². The Hall–Kier alpha value is 0.470. The predicted octanol–water partition coefficient (Wildman–Crippen LogP) is -1.65. The van der Waals surface area contributed by atoms with Crippen LogP contribution in [-0.2, 0) is 4.79 Å². The summed E-state index contributed by atoms with van der Waals surface area (Å²) in [7, 11) is 0. The van der Waals surface area contributed by atoms with Crippen LogP contribution in [0.25, 0.3) is 0 Å². The molecule has 66 valence electrons. The first-order chi connectivity index (χ1) is 5.13.